The minimum absolute atomic E-state index is 0.0704. The number of amides is 2. The third-order valence-electron chi connectivity index (χ3n) is 5.27. The van der Waals surface area contributed by atoms with E-state index in [0.29, 0.717) is 19.3 Å². The minimum atomic E-state index is -0.330. The van der Waals surface area contributed by atoms with Crippen LogP contribution in [0.1, 0.15) is 122 Å². The first-order valence-corrected chi connectivity index (χ1v) is 11.8. The van der Waals surface area contributed by atoms with Crippen LogP contribution in [0, 0.1) is 0 Å². The number of carbonyl (C=O) groups excluding carboxylic acids is 2. The Morgan fingerprint density at radius 3 is 1.89 bits per heavy atom. The van der Waals surface area contributed by atoms with Gasteiger partial charge in [0.2, 0.25) is 11.8 Å². The second-order valence-corrected chi connectivity index (χ2v) is 8.14. The van der Waals surface area contributed by atoms with Gasteiger partial charge in [0.05, 0.1) is 6.10 Å². The highest BCUT2D eigenvalue weighted by molar-refractivity contribution is 5.75. The largest absolute Gasteiger partial charge is 0.393 e. The minimum Gasteiger partial charge on any atom is -0.393 e. The monoisotopic (exact) mass is 398 g/mol. The van der Waals surface area contributed by atoms with Gasteiger partial charge in [-0.15, -0.1) is 0 Å². The summed E-state index contributed by atoms with van der Waals surface area (Å²) >= 11 is 0. The maximum Gasteiger partial charge on any atom is 0.220 e. The molecule has 0 radical (unpaired) electrons. The van der Waals surface area contributed by atoms with Gasteiger partial charge in [-0.2, -0.15) is 0 Å². The number of nitrogens with two attached hydrogens (primary N) is 1. The van der Waals surface area contributed by atoms with Crippen LogP contribution in [0.4, 0.5) is 0 Å². The molecule has 2 amide bonds. The lowest BCUT2D eigenvalue weighted by atomic mass is 10.0. The van der Waals surface area contributed by atoms with Crippen molar-refractivity contribution in [3.05, 3.63) is 0 Å². The SMILES string of the molecule is CCCCCCCC(O)CCC(=O)NCCCCCCCCCCCC(N)=O. The van der Waals surface area contributed by atoms with E-state index in [1.807, 2.05) is 0 Å². The molecule has 0 aromatic rings. The Kier molecular flexibility index (Phi) is 19.8. The molecule has 0 aromatic heterocycles. The van der Waals surface area contributed by atoms with Gasteiger partial charge in [-0.25, -0.2) is 0 Å². The molecule has 0 bridgehead atoms. The quantitative estimate of drug-likeness (QED) is 0.238. The molecule has 0 aliphatic heterocycles. The van der Waals surface area contributed by atoms with Crippen molar-refractivity contribution in [3.63, 3.8) is 0 Å². The van der Waals surface area contributed by atoms with Crippen LogP contribution in [0.2, 0.25) is 0 Å². The normalized spacial score (nSPS) is 12.1. The van der Waals surface area contributed by atoms with Crippen molar-refractivity contribution in [3.8, 4) is 0 Å². The molecule has 0 aliphatic carbocycles. The molecule has 5 nitrogen and oxygen atoms in total. The molecular weight excluding hydrogens is 352 g/mol. The van der Waals surface area contributed by atoms with E-state index in [0.717, 1.165) is 45.1 Å². The Bertz CT molecular complexity index is 375. The summed E-state index contributed by atoms with van der Waals surface area (Å²) in [6, 6.07) is 0. The van der Waals surface area contributed by atoms with E-state index in [9.17, 15) is 14.7 Å². The van der Waals surface area contributed by atoms with Gasteiger partial charge in [0.1, 0.15) is 0 Å². The summed E-state index contributed by atoms with van der Waals surface area (Å²) < 4.78 is 0. The van der Waals surface area contributed by atoms with Gasteiger partial charge in [-0.05, 0) is 25.7 Å². The van der Waals surface area contributed by atoms with Gasteiger partial charge in [0.15, 0.2) is 0 Å². The average molecular weight is 399 g/mol. The number of aliphatic hydroxyl groups is 1. The van der Waals surface area contributed by atoms with Crippen molar-refractivity contribution in [2.75, 3.05) is 6.54 Å². The topological polar surface area (TPSA) is 92.4 Å². The second-order valence-electron chi connectivity index (χ2n) is 8.14. The zero-order valence-electron chi connectivity index (χ0n) is 18.4. The highest BCUT2D eigenvalue weighted by Crippen LogP contribution is 2.11. The van der Waals surface area contributed by atoms with E-state index in [4.69, 9.17) is 5.73 Å². The molecule has 0 fully saturated rings. The van der Waals surface area contributed by atoms with Crippen molar-refractivity contribution in [2.24, 2.45) is 5.73 Å². The summed E-state index contributed by atoms with van der Waals surface area (Å²) in [6.45, 7) is 2.95. The van der Waals surface area contributed by atoms with Crippen LogP contribution in [0.25, 0.3) is 0 Å². The molecule has 4 N–H and O–H groups in total. The molecule has 5 heteroatoms. The lowest BCUT2D eigenvalue weighted by molar-refractivity contribution is -0.121. The summed E-state index contributed by atoms with van der Waals surface area (Å²) in [4.78, 5) is 22.4. The second kappa shape index (κ2) is 20.6. The number of aliphatic hydroxyl groups excluding tert-OH is 1. The maximum atomic E-state index is 11.8. The average Bonchev–Trinajstić information content (AvgIpc) is 2.66. The van der Waals surface area contributed by atoms with Gasteiger partial charge in [0, 0.05) is 19.4 Å². The van der Waals surface area contributed by atoms with E-state index in [2.05, 4.69) is 12.2 Å². The van der Waals surface area contributed by atoms with Crippen LogP contribution in [0.5, 0.6) is 0 Å². The van der Waals surface area contributed by atoms with Crippen molar-refractivity contribution in [1.82, 2.24) is 5.32 Å². The predicted molar refractivity (Wildman–Crippen MR) is 117 cm³/mol. The fourth-order valence-corrected chi connectivity index (χ4v) is 3.40. The molecule has 166 valence electrons. The third-order valence-corrected chi connectivity index (χ3v) is 5.27. The standard InChI is InChI=1S/C23H46N2O3/c1-2-3-4-10-13-16-21(26)18-19-23(28)25-20-15-12-9-7-5-6-8-11-14-17-22(24)27/h21,26H,2-20H2,1H3,(H2,24,27)(H,25,28). The van der Waals surface area contributed by atoms with Crippen LogP contribution in [-0.2, 0) is 9.59 Å². The molecule has 1 unspecified atom stereocenters. The molecule has 0 saturated carbocycles. The summed E-state index contributed by atoms with van der Waals surface area (Å²) in [5, 5.41) is 12.9. The van der Waals surface area contributed by atoms with Crippen LogP contribution >= 0.6 is 0 Å². The van der Waals surface area contributed by atoms with Crippen molar-refractivity contribution >= 4 is 11.8 Å². The van der Waals surface area contributed by atoms with Crippen LogP contribution in [0.3, 0.4) is 0 Å². The number of nitrogens with one attached hydrogen (secondary N) is 1. The molecular formula is C23H46N2O3. The summed E-state index contributed by atoms with van der Waals surface area (Å²) in [5.74, 6) is -0.123. The molecule has 0 aliphatic rings. The summed E-state index contributed by atoms with van der Waals surface area (Å²) in [5.41, 5.74) is 5.12. The predicted octanol–water partition coefficient (Wildman–Crippen LogP) is 4.99. The first-order chi connectivity index (χ1) is 13.6. The zero-order valence-corrected chi connectivity index (χ0v) is 18.4. The molecule has 28 heavy (non-hydrogen) atoms. The van der Waals surface area contributed by atoms with E-state index >= 15 is 0 Å². The summed E-state index contributed by atoms with van der Waals surface area (Å²) in [7, 11) is 0. The molecule has 0 rings (SSSR count). The van der Waals surface area contributed by atoms with Crippen molar-refractivity contribution < 1.29 is 14.7 Å². The van der Waals surface area contributed by atoms with Gasteiger partial charge in [-0.1, -0.05) is 84.0 Å². The highest BCUT2D eigenvalue weighted by atomic mass is 16.3. The molecule has 0 spiro atoms. The molecule has 0 heterocycles. The zero-order chi connectivity index (χ0) is 20.9. The van der Waals surface area contributed by atoms with E-state index < -0.39 is 0 Å². The maximum absolute atomic E-state index is 11.8. The Labute approximate surface area is 173 Å². The highest BCUT2D eigenvalue weighted by Gasteiger charge is 2.07. The lowest BCUT2D eigenvalue weighted by Gasteiger charge is -2.10. The van der Waals surface area contributed by atoms with E-state index in [1.54, 1.807) is 0 Å². The smallest absolute Gasteiger partial charge is 0.220 e. The van der Waals surface area contributed by atoms with Crippen LogP contribution in [-0.4, -0.2) is 29.6 Å². The van der Waals surface area contributed by atoms with E-state index in [-0.39, 0.29) is 17.9 Å². The number of hydrogen-bond donors (Lipinski definition) is 3. The number of rotatable bonds is 21. The van der Waals surface area contributed by atoms with E-state index in [1.165, 1.54) is 57.8 Å². The van der Waals surface area contributed by atoms with Gasteiger partial charge in [0.25, 0.3) is 0 Å². The Morgan fingerprint density at radius 1 is 0.750 bits per heavy atom. The fourth-order valence-electron chi connectivity index (χ4n) is 3.40. The Morgan fingerprint density at radius 2 is 1.29 bits per heavy atom. The summed E-state index contributed by atoms with van der Waals surface area (Å²) in [6.07, 6.45) is 18.4. The molecule has 1 atom stereocenters. The number of primary amides is 1. The van der Waals surface area contributed by atoms with Crippen LogP contribution < -0.4 is 11.1 Å². The number of carbonyl (C=O) groups is 2. The molecule has 0 saturated heterocycles. The van der Waals surface area contributed by atoms with Gasteiger partial charge in [-0.3, -0.25) is 9.59 Å². The number of unbranched alkanes of at least 4 members (excludes halogenated alkanes) is 12. The third kappa shape index (κ3) is 21.2. The van der Waals surface area contributed by atoms with Gasteiger partial charge < -0.3 is 16.2 Å². The first-order valence-electron chi connectivity index (χ1n) is 11.8. The molecule has 0 aromatic carbocycles. The Balaban J connectivity index is 3.29. The number of hydrogen-bond acceptors (Lipinski definition) is 3. The fraction of sp³-hybridized carbons (Fsp3) is 0.913. The van der Waals surface area contributed by atoms with Crippen LogP contribution in [0.15, 0.2) is 0 Å². The van der Waals surface area contributed by atoms with Crippen molar-refractivity contribution in [1.29, 1.82) is 0 Å². The van der Waals surface area contributed by atoms with Crippen molar-refractivity contribution in [2.45, 2.75) is 129 Å². The lowest BCUT2D eigenvalue weighted by Crippen LogP contribution is -2.25. The van der Waals surface area contributed by atoms with Gasteiger partial charge >= 0.3 is 0 Å². The first kappa shape index (κ1) is 26.9. The Hall–Kier alpha value is -1.10.